The molecule has 1 rings (SSSR count). The van der Waals surface area contributed by atoms with Gasteiger partial charge in [-0.1, -0.05) is 12.1 Å². The summed E-state index contributed by atoms with van der Waals surface area (Å²) in [5.41, 5.74) is 4.41. The van der Waals surface area contributed by atoms with E-state index < -0.39 is 4.92 Å². The summed E-state index contributed by atoms with van der Waals surface area (Å²) in [7, 11) is 3.58. The lowest BCUT2D eigenvalue weighted by Gasteiger charge is -2.15. The second kappa shape index (κ2) is 4.06. The third kappa shape index (κ3) is 2.20. The van der Waals surface area contributed by atoms with Crippen molar-refractivity contribution < 1.29 is 4.92 Å². The molecule has 1 aromatic rings. The van der Waals surface area contributed by atoms with E-state index in [1.165, 1.54) is 6.07 Å². The number of hydrazine groups is 1. The average molecular weight is 195 g/mol. The Bertz CT molecular complexity index is 350. The van der Waals surface area contributed by atoms with Gasteiger partial charge in [0.1, 0.15) is 5.69 Å². The largest absolute Gasteiger partial charge is 0.313 e. The van der Waals surface area contributed by atoms with Crippen LogP contribution in [-0.2, 0) is 0 Å². The molecule has 1 N–H and O–H groups in total. The summed E-state index contributed by atoms with van der Waals surface area (Å²) in [5, 5.41) is 12.4. The van der Waals surface area contributed by atoms with Crippen LogP contribution in [0.1, 0.15) is 5.56 Å². The Labute approximate surface area is 82.5 Å². The van der Waals surface area contributed by atoms with Crippen LogP contribution in [0.15, 0.2) is 18.2 Å². The van der Waals surface area contributed by atoms with Gasteiger partial charge in [-0.05, 0) is 12.5 Å². The molecule has 0 saturated carbocycles. The summed E-state index contributed by atoms with van der Waals surface area (Å²) in [6, 6.07) is 4.99. The summed E-state index contributed by atoms with van der Waals surface area (Å²) < 4.78 is 0. The molecule has 0 heterocycles. The summed E-state index contributed by atoms with van der Waals surface area (Å²) in [6.07, 6.45) is 0. The molecule has 0 amide bonds. The lowest BCUT2D eigenvalue weighted by Crippen LogP contribution is -2.21. The van der Waals surface area contributed by atoms with E-state index in [1.54, 1.807) is 25.2 Å². The highest BCUT2D eigenvalue weighted by atomic mass is 16.6. The summed E-state index contributed by atoms with van der Waals surface area (Å²) >= 11 is 0. The van der Waals surface area contributed by atoms with Gasteiger partial charge in [-0.3, -0.25) is 10.1 Å². The molecule has 5 heteroatoms. The standard InChI is InChI=1S/C9H13N3O2/c1-7-5-4-6-8(12(13)14)9(7)10-11(2)3/h4-6,10H,1-3H3. The molecule has 0 spiro atoms. The first-order valence-electron chi connectivity index (χ1n) is 4.20. The van der Waals surface area contributed by atoms with Crippen LogP contribution in [0.4, 0.5) is 11.4 Å². The van der Waals surface area contributed by atoms with Gasteiger partial charge in [0.25, 0.3) is 5.69 Å². The van der Waals surface area contributed by atoms with Gasteiger partial charge >= 0.3 is 0 Å². The molecular formula is C9H13N3O2. The Kier molecular flexibility index (Phi) is 3.03. The van der Waals surface area contributed by atoms with Crippen molar-refractivity contribution in [3.05, 3.63) is 33.9 Å². The van der Waals surface area contributed by atoms with Gasteiger partial charge in [0.05, 0.1) is 4.92 Å². The number of nitrogens with zero attached hydrogens (tertiary/aromatic N) is 2. The maximum absolute atomic E-state index is 10.7. The van der Waals surface area contributed by atoms with Crippen LogP contribution in [0.3, 0.4) is 0 Å². The van der Waals surface area contributed by atoms with Crippen molar-refractivity contribution in [1.29, 1.82) is 0 Å². The van der Waals surface area contributed by atoms with Crippen LogP contribution in [0.5, 0.6) is 0 Å². The summed E-state index contributed by atoms with van der Waals surface area (Å²) in [4.78, 5) is 10.3. The van der Waals surface area contributed by atoms with E-state index in [0.717, 1.165) is 5.56 Å². The number of para-hydroxylation sites is 1. The molecule has 0 radical (unpaired) electrons. The van der Waals surface area contributed by atoms with Gasteiger partial charge in [-0.2, -0.15) is 0 Å². The maximum atomic E-state index is 10.7. The minimum absolute atomic E-state index is 0.0960. The van der Waals surface area contributed by atoms with Crippen molar-refractivity contribution in [1.82, 2.24) is 5.01 Å². The van der Waals surface area contributed by atoms with Crippen molar-refractivity contribution in [3.8, 4) is 0 Å². The number of anilines is 1. The normalized spacial score (nSPS) is 10.3. The number of hydrogen-bond acceptors (Lipinski definition) is 4. The Hall–Kier alpha value is -1.62. The number of hydrogen-bond donors (Lipinski definition) is 1. The zero-order valence-electron chi connectivity index (χ0n) is 8.44. The minimum atomic E-state index is -0.390. The van der Waals surface area contributed by atoms with Gasteiger partial charge in [0.15, 0.2) is 0 Å². The fourth-order valence-electron chi connectivity index (χ4n) is 1.17. The predicted molar refractivity (Wildman–Crippen MR) is 55.1 cm³/mol. The summed E-state index contributed by atoms with van der Waals surface area (Å²) in [6.45, 7) is 1.83. The number of nitrogens with one attached hydrogen (secondary N) is 1. The van der Waals surface area contributed by atoms with Gasteiger partial charge < -0.3 is 5.43 Å². The average Bonchev–Trinajstić information content (AvgIpc) is 2.07. The Morgan fingerprint density at radius 3 is 2.57 bits per heavy atom. The van der Waals surface area contributed by atoms with Gasteiger partial charge in [-0.15, -0.1) is 0 Å². The first kappa shape index (κ1) is 10.5. The van der Waals surface area contributed by atoms with Crippen LogP contribution < -0.4 is 5.43 Å². The quantitative estimate of drug-likeness (QED) is 0.590. The predicted octanol–water partition coefficient (Wildman–Crippen LogP) is 1.79. The SMILES string of the molecule is Cc1cccc([N+](=O)[O-])c1NN(C)C. The number of benzene rings is 1. The highest BCUT2D eigenvalue weighted by molar-refractivity contribution is 5.65. The van der Waals surface area contributed by atoms with E-state index in [4.69, 9.17) is 0 Å². The Morgan fingerprint density at radius 1 is 1.43 bits per heavy atom. The number of nitro groups is 1. The molecule has 14 heavy (non-hydrogen) atoms. The van der Waals surface area contributed by atoms with Crippen molar-refractivity contribution in [2.45, 2.75) is 6.92 Å². The molecule has 0 unspecified atom stereocenters. The highest BCUT2D eigenvalue weighted by Crippen LogP contribution is 2.27. The zero-order chi connectivity index (χ0) is 10.7. The van der Waals surface area contributed by atoms with E-state index in [-0.39, 0.29) is 5.69 Å². The molecule has 0 aliphatic heterocycles. The molecule has 0 aromatic heterocycles. The van der Waals surface area contributed by atoms with Crippen molar-refractivity contribution in [3.63, 3.8) is 0 Å². The third-order valence-corrected chi connectivity index (χ3v) is 1.78. The molecule has 1 aromatic carbocycles. The van der Waals surface area contributed by atoms with Crippen LogP contribution in [-0.4, -0.2) is 24.0 Å². The van der Waals surface area contributed by atoms with Gasteiger partial charge in [0.2, 0.25) is 0 Å². The number of nitro benzene ring substituents is 1. The number of aryl methyl sites for hydroxylation is 1. The molecule has 0 aliphatic carbocycles. The maximum Gasteiger partial charge on any atom is 0.293 e. The molecular weight excluding hydrogens is 182 g/mol. The van der Waals surface area contributed by atoms with E-state index in [0.29, 0.717) is 5.69 Å². The number of rotatable bonds is 3. The first-order chi connectivity index (χ1) is 6.52. The van der Waals surface area contributed by atoms with Crippen LogP contribution in [0.25, 0.3) is 0 Å². The lowest BCUT2D eigenvalue weighted by molar-refractivity contribution is -0.384. The molecule has 0 aliphatic rings. The minimum Gasteiger partial charge on any atom is -0.313 e. The van der Waals surface area contributed by atoms with Crippen LogP contribution >= 0.6 is 0 Å². The molecule has 0 atom stereocenters. The van der Waals surface area contributed by atoms with Crippen molar-refractivity contribution in [2.24, 2.45) is 0 Å². The van der Waals surface area contributed by atoms with Crippen LogP contribution in [0.2, 0.25) is 0 Å². The van der Waals surface area contributed by atoms with E-state index >= 15 is 0 Å². The second-order valence-electron chi connectivity index (χ2n) is 3.23. The van der Waals surface area contributed by atoms with Crippen molar-refractivity contribution in [2.75, 3.05) is 19.5 Å². The first-order valence-corrected chi connectivity index (χ1v) is 4.20. The van der Waals surface area contributed by atoms with E-state index in [9.17, 15) is 10.1 Å². The van der Waals surface area contributed by atoms with Gasteiger partial charge in [0, 0.05) is 20.2 Å². The monoisotopic (exact) mass is 195 g/mol. The lowest BCUT2D eigenvalue weighted by atomic mass is 10.2. The van der Waals surface area contributed by atoms with Crippen LogP contribution in [0, 0.1) is 17.0 Å². The molecule has 0 bridgehead atoms. The molecule has 0 fully saturated rings. The third-order valence-electron chi connectivity index (χ3n) is 1.78. The topological polar surface area (TPSA) is 58.4 Å². The fraction of sp³-hybridized carbons (Fsp3) is 0.333. The smallest absolute Gasteiger partial charge is 0.293 e. The fourth-order valence-corrected chi connectivity index (χ4v) is 1.17. The summed E-state index contributed by atoms with van der Waals surface area (Å²) in [5.74, 6) is 0. The molecule has 5 nitrogen and oxygen atoms in total. The molecule has 76 valence electrons. The zero-order valence-corrected chi connectivity index (χ0v) is 8.44. The Balaban J connectivity index is 3.15. The second-order valence-corrected chi connectivity index (χ2v) is 3.23. The Morgan fingerprint density at radius 2 is 2.07 bits per heavy atom. The van der Waals surface area contributed by atoms with Crippen molar-refractivity contribution >= 4 is 11.4 Å². The highest BCUT2D eigenvalue weighted by Gasteiger charge is 2.15. The molecule has 0 saturated heterocycles. The van der Waals surface area contributed by atoms with Gasteiger partial charge in [-0.25, -0.2) is 5.01 Å². The van der Waals surface area contributed by atoms with E-state index in [2.05, 4.69) is 5.43 Å². The van der Waals surface area contributed by atoms with E-state index in [1.807, 2.05) is 13.0 Å².